The monoisotopic (exact) mass is 340 g/mol. The number of rotatable bonds is 5. The van der Waals surface area contributed by atoms with Gasteiger partial charge in [-0.1, -0.05) is 24.3 Å². The van der Waals surface area contributed by atoms with Crippen LogP contribution in [0.2, 0.25) is 0 Å². The van der Waals surface area contributed by atoms with Crippen LogP contribution in [0.15, 0.2) is 58.3 Å². The maximum absolute atomic E-state index is 12.2. The van der Waals surface area contributed by atoms with Crippen molar-refractivity contribution in [2.75, 3.05) is 0 Å². The van der Waals surface area contributed by atoms with Crippen LogP contribution in [0.5, 0.6) is 0 Å². The molecule has 114 valence electrons. The van der Waals surface area contributed by atoms with Gasteiger partial charge in [0.1, 0.15) is 4.90 Å². The van der Waals surface area contributed by atoms with Gasteiger partial charge in [0.05, 0.1) is 14.7 Å². The molecule has 8 nitrogen and oxygen atoms in total. The maximum Gasteiger partial charge on any atom is 0.360 e. The quantitative estimate of drug-likeness (QED) is 0.466. The molecule has 0 bridgehead atoms. The largest absolute Gasteiger partial charge is 0.360 e. The van der Waals surface area contributed by atoms with Gasteiger partial charge in [-0.15, -0.1) is 0 Å². The fourth-order valence-electron chi connectivity index (χ4n) is 1.66. The van der Waals surface area contributed by atoms with Crippen molar-refractivity contribution in [3.05, 3.63) is 68.8 Å². The van der Waals surface area contributed by atoms with Gasteiger partial charge in [-0.3, -0.25) is 20.2 Å². The van der Waals surface area contributed by atoms with E-state index in [1.165, 1.54) is 30.3 Å². The van der Waals surface area contributed by atoms with E-state index in [1.807, 2.05) is 0 Å². The van der Waals surface area contributed by atoms with Crippen LogP contribution in [0.25, 0.3) is 0 Å². The Morgan fingerprint density at radius 2 is 1.50 bits per heavy atom. The zero-order valence-electron chi connectivity index (χ0n) is 10.8. The topological polar surface area (TPSA) is 120 Å². The second-order valence-electron chi connectivity index (χ2n) is 3.99. The van der Waals surface area contributed by atoms with Crippen LogP contribution >= 0.6 is 10.8 Å². The molecule has 2 aromatic carbocycles. The van der Waals surface area contributed by atoms with E-state index in [0.29, 0.717) is 0 Å². The molecule has 0 spiro atoms. The SMILES string of the molecule is O=[N+]([O-])c1cccc(SS(=O)(=O)c2ccccc2)c1[N+](=O)[O-]. The van der Waals surface area contributed by atoms with Crippen molar-refractivity contribution in [2.45, 2.75) is 9.79 Å². The van der Waals surface area contributed by atoms with Crippen LogP contribution in [-0.2, 0) is 8.87 Å². The van der Waals surface area contributed by atoms with E-state index in [9.17, 15) is 28.6 Å². The molecule has 0 aromatic heterocycles. The summed E-state index contributed by atoms with van der Waals surface area (Å²) in [6, 6.07) is 10.6. The summed E-state index contributed by atoms with van der Waals surface area (Å²) in [6.07, 6.45) is 0. The van der Waals surface area contributed by atoms with Crippen molar-refractivity contribution in [1.29, 1.82) is 0 Å². The number of nitro groups is 2. The van der Waals surface area contributed by atoms with E-state index in [4.69, 9.17) is 0 Å². The van der Waals surface area contributed by atoms with E-state index in [2.05, 4.69) is 0 Å². The average Bonchev–Trinajstić information content (AvgIpc) is 2.47. The zero-order valence-corrected chi connectivity index (χ0v) is 12.4. The van der Waals surface area contributed by atoms with Crippen molar-refractivity contribution in [1.82, 2.24) is 0 Å². The van der Waals surface area contributed by atoms with Crippen molar-refractivity contribution in [3.63, 3.8) is 0 Å². The number of hydrogen-bond donors (Lipinski definition) is 0. The fraction of sp³-hybridized carbons (Fsp3) is 0. The van der Waals surface area contributed by atoms with Crippen LogP contribution in [0.1, 0.15) is 0 Å². The van der Waals surface area contributed by atoms with Crippen LogP contribution < -0.4 is 0 Å². The highest BCUT2D eigenvalue weighted by atomic mass is 33.1. The number of benzene rings is 2. The highest BCUT2D eigenvalue weighted by Gasteiger charge is 2.31. The molecular weight excluding hydrogens is 332 g/mol. The maximum atomic E-state index is 12.2. The Hall–Kier alpha value is -2.46. The summed E-state index contributed by atoms with van der Waals surface area (Å²) < 4.78 is 24.5. The lowest BCUT2D eigenvalue weighted by Crippen LogP contribution is -2.00. The van der Waals surface area contributed by atoms with Crippen molar-refractivity contribution < 1.29 is 18.3 Å². The summed E-state index contributed by atoms with van der Waals surface area (Å²) in [5.74, 6) is 0. The predicted octanol–water partition coefficient (Wildman–Crippen LogP) is 2.98. The molecule has 22 heavy (non-hydrogen) atoms. The Morgan fingerprint density at radius 3 is 2.05 bits per heavy atom. The van der Waals surface area contributed by atoms with Crippen LogP contribution in [0.3, 0.4) is 0 Å². The van der Waals surface area contributed by atoms with Crippen LogP contribution in [-0.4, -0.2) is 18.3 Å². The van der Waals surface area contributed by atoms with E-state index in [-0.39, 0.29) is 20.6 Å². The lowest BCUT2D eigenvalue weighted by atomic mass is 10.3. The van der Waals surface area contributed by atoms with Gasteiger partial charge in [0.2, 0.25) is 8.87 Å². The number of para-hydroxylation sites is 1. The smallest absolute Gasteiger partial charge is 0.258 e. The summed E-state index contributed by atoms with van der Waals surface area (Å²) in [7, 11) is -3.71. The van der Waals surface area contributed by atoms with Gasteiger partial charge >= 0.3 is 11.4 Å². The van der Waals surface area contributed by atoms with Crippen molar-refractivity contribution in [2.24, 2.45) is 0 Å². The minimum absolute atomic E-state index is 0.0409. The highest BCUT2D eigenvalue weighted by Crippen LogP contribution is 2.41. The summed E-state index contributed by atoms with van der Waals surface area (Å²) in [5, 5.41) is 21.9. The predicted molar refractivity (Wildman–Crippen MR) is 79.2 cm³/mol. The van der Waals surface area contributed by atoms with E-state index in [1.54, 1.807) is 6.07 Å². The first-order valence-electron chi connectivity index (χ1n) is 5.74. The number of nitro benzene ring substituents is 2. The first kappa shape index (κ1) is 15.9. The second-order valence-corrected chi connectivity index (χ2v) is 7.79. The van der Waals surface area contributed by atoms with E-state index >= 15 is 0 Å². The van der Waals surface area contributed by atoms with Gasteiger partial charge in [0, 0.05) is 16.9 Å². The standard InChI is InChI=1S/C12H8N2O6S2/c15-13(16)10-7-4-8-11(12(10)14(17)18)21-22(19,20)9-5-2-1-3-6-9/h1-8H. The molecule has 0 aliphatic carbocycles. The lowest BCUT2D eigenvalue weighted by molar-refractivity contribution is -0.424. The van der Waals surface area contributed by atoms with Gasteiger partial charge in [0.15, 0.2) is 0 Å². The van der Waals surface area contributed by atoms with Gasteiger partial charge in [-0.25, -0.2) is 8.42 Å². The molecule has 2 aromatic rings. The molecule has 0 aliphatic heterocycles. The highest BCUT2D eigenvalue weighted by molar-refractivity contribution is 8.72. The Balaban J connectivity index is 2.53. The Kier molecular flexibility index (Phi) is 4.43. The fourth-order valence-corrected chi connectivity index (χ4v) is 4.61. The molecule has 0 aliphatic rings. The summed E-state index contributed by atoms with van der Waals surface area (Å²) in [6.45, 7) is 0. The van der Waals surface area contributed by atoms with Gasteiger partial charge in [-0.05, 0) is 18.2 Å². The molecule has 0 saturated carbocycles. The minimum atomic E-state index is -3.92. The van der Waals surface area contributed by atoms with E-state index < -0.39 is 30.1 Å². The first-order chi connectivity index (χ1) is 10.3. The summed E-state index contributed by atoms with van der Waals surface area (Å²) in [4.78, 5) is 19.7. The molecule has 0 heterocycles. The van der Waals surface area contributed by atoms with Gasteiger partial charge < -0.3 is 0 Å². The molecule has 2 rings (SSSR count). The third-order valence-electron chi connectivity index (χ3n) is 2.59. The van der Waals surface area contributed by atoms with Gasteiger partial charge in [0.25, 0.3) is 0 Å². The number of hydrogen-bond acceptors (Lipinski definition) is 7. The number of nitrogens with zero attached hydrogens (tertiary/aromatic N) is 2. The molecule has 0 unspecified atom stereocenters. The molecule has 0 atom stereocenters. The van der Waals surface area contributed by atoms with Crippen LogP contribution in [0, 0.1) is 20.2 Å². The molecule has 0 N–H and O–H groups in total. The molecule has 0 fully saturated rings. The van der Waals surface area contributed by atoms with Crippen molar-refractivity contribution in [3.8, 4) is 0 Å². The normalized spacial score (nSPS) is 11.1. The summed E-state index contributed by atoms with van der Waals surface area (Å²) >= 11 is 0. The second kappa shape index (κ2) is 6.12. The Bertz CT molecular complexity index is 836. The third-order valence-corrected chi connectivity index (χ3v) is 5.94. The summed E-state index contributed by atoms with van der Waals surface area (Å²) in [5.41, 5.74) is -1.59. The first-order valence-corrected chi connectivity index (χ1v) is 8.56. The average molecular weight is 340 g/mol. The third kappa shape index (κ3) is 3.23. The zero-order chi connectivity index (χ0) is 16.3. The van der Waals surface area contributed by atoms with E-state index in [0.717, 1.165) is 12.1 Å². The molecule has 0 saturated heterocycles. The lowest BCUT2D eigenvalue weighted by Gasteiger charge is -2.04. The minimum Gasteiger partial charge on any atom is -0.258 e. The Morgan fingerprint density at radius 1 is 0.864 bits per heavy atom. The molecule has 10 heteroatoms. The molecule has 0 radical (unpaired) electrons. The Labute approximate surface area is 128 Å². The molecular formula is C12H8N2O6S2. The van der Waals surface area contributed by atoms with Crippen molar-refractivity contribution >= 4 is 31.0 Å². The molecule has 0 amide bonds. The van der Waals surface area contributed by atoms with Crippen LogP contribution in [0.4, 0.5) is 11.4 Å². The van der Waals surface area contributed by atoms with Gasteiger partial charge in [-0.2, -0.15) is 0 Å².